The summed E-state index contributed by atoms with van der Waals surface area (Å²) in [4.78, 5) is 55.8. The lowest BCUT2D eigenvalue weighted by Gasteiger charge is -2.36. The van der Waals surface area contributed by atoms with Crippen LogP contribution in [0.2, 0.25) is 10.6 Å². The van der Waals surface area contributed by atoms with Gasteiger partial charge in [-0.15, -0.1) is 0 Å². The largest absolute Gasteiger partial charge is 0.365 e. The van der Waals surface area contributed by atoms with Gasteiger partial charge in [0.25, 0.3) is 0 Å². The van der Waals surface area contributed by atoms with E-state index in [1.54, 1.807) is 43.0 Å². The van der Waals surface area contributed by atoms with E-state index in [-0.39, 0.29) is 34.9 Å². The van der Waals surface area contributed by atoms with Crippen LogP contribution in [-0.4, -0.2) is 107 Å². The van der Waals surface area contributed by atoms with Crippen molar-refractivity contribution in [2.75, 3.05) is 42.9 Å². The SMILES string of the molecule is Clc1ncccn1.Fc1cnc(Cl)nc1.O=C(Nc1ccc2[nH]nc(-c3ccc(F)cc3)c2c1)[C@@H]1CCN(CC(=O)N2C[C@@H]3C[C@H]2CN3c2ccc(-c3ncccn3)cc2)C1. The summed E-state index contributed by atoms with van der Waals surface area (Å²) in [6, 6.07) is 24.2. The van der Waals surface area contributed by atoms with Crippen molar-refractivity contribution in [1.29, 1.82) is 0 Å². The Bertz CT molecular complexity index is 2550. The van der Waals surface area contributed by atoms with Gasteiger partial charge in [0, 0.05) is 78.4 Å². The maximum atomic E-state index is 13.4. The highest BCUT2D eigenvalue weighted by molar-refractivity contribution is 6.28. The molecule has 0 spiro atoms. The number of rotatable bonds is 7. The van der Waals surface area contributed by atoms with Crippen LogP contribution in [0.15, 0.2) is 116 Å². The van der Waals surface area contributed by atoms with Crippen LogP contribution in [0.5, 0.6) is 0 Å². The van der Waals surface area contributed by atoms with Gasteiger partial charge in [0.05, 0.1) is 42.1 Å². The van der Waals surface area contributed by atoms with Crippen molar-refractivity contribution in [3.8, 4) is 22.6 Å². The Balaban J connectivity index is 0.000000288. The van der Waals surface area contributed by atoms with Crippen LogP contribution in [0, 0.1) is 17.6 Å². The third-order valence-corrected chi connectivity index (χ3v) is 11.0. The summed E-state index contributed by atoms with van der Waals surface area (Å²) in [6.07, 6.45) is 10.4. The first-order valence-electron chi connectivity index (χ1n) is 19.4. The molecule has 10 rings (SSSR count). The molecule has 7 aromatic rings. The van der Waals surface area contributed by atoms with Gasteiger partial charge in [-0.3, -0.25) is 19.6 Å². The van der Waals surface area contributed by atoms with Crippen LogP contribution in [0.4, 0.5) is 20.2 Å². The number of carbonyl (C=O) groups is 2. The van der Waals surface area contributed by atoms with Crippen LogP contribution in [0.1, 0.15) is 12.8 Å². The number of nitrogens with one attached hydrogen (secondary N) is 2. The molecule has 4 aromatic heterocycles. The summed E-state index contributed by atoms with van der Waals surface area (Å²) in [7, 11) is 0. The average Bonchev–Trinajstić information content (AvgIpc) is 4.11. The molecule has 0 radical (unpaired) electrons. The summed E-state index contributed by atoms with van der Waals surface area (Å²) < 4.78 is 25.3. The quantitative estimate of drug-likeness (QED) is 0.159. The zero-order valence-corrected chi connectivity index (χ0v) is 34.0. The molecule has 7 heterocycles. The van der Waals surface area contributed by atoms with Crippen molar-refractivity contribution in [3.05, 3.63) is 138 Å². The molecule has 14 nitrogen and oxygen atoms in total. The number of nitrogens with zero attached hydrogens (tertiary/aromatic N) is 10. The summed E-state index contributed by atoms with van der Waals surface area (Å²) in [5.74, 6) is -0.178. The maximum Gasteiger partial charge on any atom is 0.237 e. The van der Waals surface area contributed by atoms with Crippen LogP contribution in [-0.2, 0) is 9.59 Å². The van der Waals surface area contributed by atoms with Gasteiger partial charge in [-0.1, -0.05) is 0 Å². The van der Waals surface area contributed by atoms with Gasteiger partial charge in [0.1, 0.15) is 5.82 Å². The Kier molecular flexibility index (Phi) is 12.7. The fourth-order valence-corrected chi connectivity index (χ4v) is 7.96. The third kappa shape index (κ3) is 10.1. The second-order valence-corrected chi connectivity index (χ2v) is 15.3. The molecule has 3 aliphatic heterocycles. The predicted octanol–water partition coefficient (Wildman–Crippen LogP) is 6.98. The first-order chi connectivity index (χ1) is 29.7. The zero-order valence-electron chi connectivity index (χ0n) is 32.5. The number of fused-ring (bicyclic) bond motifs is 3. The second kappa shape index (κ2) is 18.8. The molecule has 0 aliphatic carbocycles. The van der Waals surface area contributed by atoms with Gasteiger partial charge in [0.2, 0.25) is 22.4 Å². The Hall–Kier alpha value is -6.49. The standard InChI is InChI=1S/C35H33FN8O2.C4H2ClFN2.C4H3ClN2/c36-25-6-2-22(3-7-25)33-30-16-26(8-11-31(30)40-41-33)39-35(46)24-12-15-42(18-24)21-32(45)44-20-28-17-29(44)19-43(28)27-9-4-23(5-10-27)34-37-13-1-14-38-34;5-4-7-1-3(6)2-8-4;5-4-6-2-1-3-7-4/h1-11,13-14,16,24,28-29H,12,15,17-21H2,(H,39,46)(H,40,41);1-2H;1-3H/t24-,28+,29+;;/m1../s1. The Labute approximate surface area is 359 Å². The van der Waals surface area contributed by atoms with Crippen LogP contribution < -0.4 is 10.2 Å². The lowest BCUT2D eigenvalue weighted by Crippen LogP contribution is -2.51. The molecular weight excluding hydrogens is 825 g/mol. The number of anilines is 2. The fraction of sp³-hybridized carbons (Fsp3) is 0.233. The molecule has 3 fully saturated rings. The van der Waals surface area contributed by atoms with E-state index in [2.05, 4.69) is 79.5 Å². The first-order valence-corrected chi connectivity index (χ1v) is 20.2. The molecule has 0 saturated carbocycles. The fourth-order valence-electron chi connectivity index (χ4n) is 7.75. The van der Waals surface area contributed by atoms with Crippen molar-refractivity contribution >= 4 is 57.3 Å². The van der Waals surface area contributed by atoms with E-state index in [9.17, 15) is 18.4 Å². The van der Waals surface area contributed by atoms with E-state index in [0.29, 0.717) is 54.6 Å². The van der Waals surface area contributed by atoms with Crippen LogP contribution in [0.3, 0.4) is 0 Å². The molecule has 3 aliphatic rings. The van der Waals surface area contributed by atoms with Gasteiger partial charge >= 0.3 is 0 Å². The normalized spacial score (nSPS) is 18.0. The topological polar surface area (TPSA) is 162 Å². The summed E-state index contributed by atoms with van der Waals surface area (Å²) in [6.45, 7) is 3.15. The molecular formula is C43H38Cl2F2N12O2. The molecule has 3 atom stereocenters. The number of piperazine rings is 1. The minimum absolute atomic E-state index is 0.0538. The number of aromatic nitrogens is 8. The van der Waals surface area contributed by atoms with Crippen molar-refractivity contribution in [3.63, 3.8) is 0 Å². The molecule has 61 heavy (non-hydrogen) atoms. The second-order valence-electron chi connectivity index (χ2n) is 14.6. The van der Waals surface area contributed by atoms with Crippen LogP contribution in [0.25, 0.3) is 33.5 Å². The van der Waals surface area contributed by atoms with E-state index >= 15 is 0 Å². The van der Waals surface area contributed by atoms with Crippen LogP contribution >= 0.6 is 23.2 Å². The number of halogens is 4. The van der Waals surface area contributed by atoms with Crippen molar-refractivity contribution < 1.29 is 18.4 Å². The van der Waals surface area contributed by atoms with E-state index in [4.69, 9.17) is 23.2 Å². The van der Waals surface area contributed by atoms with Crippen molar-refractivity contribution in [2.24, 2.45) is 5.92 Å². The minimum Gasteiger partial charge on any atom is -0.365 e. The number of aromatic amines is 1. The Morgan fingerprint density at radius 3 is 2.07 bits per heavy atom. The summed E-state index contributed by atoms with van der Waals surface area (Å²) in [5, 5.41) is 11.7. The highest BCUT2D eigenvalue weighted by Crippen LogP contribution is 2.36. The Morgan fingerprint density at radius 2 is 1.43 bits per heavy atom. The van der Waals surface area contributed by atoms with Gasteiger partial charge in [-0.05, 0) is 121 Å². The van der Waals surface area contributed by atoms with Crippen molar-refractivity contribution in [1.82, 2.24) is 49.9 Å². The number of benzene rings is 3. The number of hydrogen-bond donors (Lipinski definition) is 2. The monoisotopic (exact) mass is 862 g/mol. The molecule has 3 saturated heterocycles. The Morgan fingerprint density at radius 1 is 0.754 bits per heavy atom. The number of carbonyl (C=O) groups excluding carboxylic acids is 2. The molecule has 310 valence electrons. The van der Waals surface area contributed by atoms with Gasteiger partial charge < -0.3 is 15.1 Å². The molecule has 2 bridgehead atoms. The molecule has 18 heteroatoms. The number of amides is 2. The smallest absolute Gasteiger partial charge is 0.237 e. The number of hydrogen-bond acceptors (Lipinski definition) is 11. The zero-order chi connectivity index (χ0) is 42.3. The van der Waals surface area contributed by atoms with Crippen molar-refractivity contribution in [2.45, 2.75) is 24.9 Å². The number of likely N-dealkylation sites (tertiary alicyclic amines) is 2. The summed E-state index contributed by atoms with van der Waals surface area (Å²) >= 11 is 10.5. The van der Waals surface area contributed by atoms with E-state index in [1.165, 1.54) is 12.1 Å². The minimum atomic E-state index is -0.477. The average molecular weight is 864 g/mol. The lowest BCUT2D eigenvalue weighted by molar-refractivity contribution is -0.133. The maximum absolute atomic E-state index is 13.4. The number of H-pyrrole nitrogens is 1. The third-order valence-electron chi connectivity index (χ3n) is 10.7. The predicted molar refractivity (Wildman–Crippen MR) is 227 cm³/mol. The highest BCUT2D eigenvalue weighted by atomic mass is 35.5. The molecule has 2 N–H and O–H groups in total. The van der Waals surface area contributed by atoms with E-state index in [1.807, 2.05) is 29.2 Å². The van der Waals surface area contributed by atoms with Gasteiger partial charge in [0.15, 0.2) is 11.6 Å². The van der Waals surface area contributed by atoms with Gasteiger partial charge in [-0.2, -0.15) is 5.10 Å². The van der Waals surface area contributed by atoms with Gasteiger partial charge in [-0.25, -0.2) is 38.7 Å². The molecule has 3 aromatic carbocycles. The molecule has 2 amide bonds. The summed E-state index contributed by atoms with van der Waals surface area (Å²) in [5.41, 5.74) is 5.14. The molecule has 0 unspecified atom stereocenters. The first kappa shape index (κ1) is 41.3. The highest BCUT2D eigenvalue weighted by Gasteiger charge is 2.45. The lowest BCUT2D eigenvalue weighted by atomic mass is 10.1. The van der Waals surface area contributed by atoms with E-state index < -0.39 is 5.82 Å². The van der Waals surface area contributed by atoms with E-state index in [0.717, 1.165) is 59.6 Å².